The molecule has 0 bridgehead atoms. The monoisotopic (exact) mass is 358 g/mol. The van der Waals surface area contributed by atoms with Gasteiger partial charge in [0.1, 0.15) is 5.76 Å². The smallest absolute Gasteiger partial charge is 0.293 e. The van der Waals surface area contributed by atoms with Crippen molar-refractivity contribution < 1.29 is 9.21 Å². The van der Waals surface area contributed by atoms with Crippen LogP contribution in [-0.4, -0.2) is 32.6 Å². The number of para-hydroxylation sites is 1. The van der Waals surface area contributed by atoms with Gasteiger partial charge in [0.25, 0.3) is 5.91 Å². The summed E-state index contributed by atoms with van der Waals surface area (Å²) in [6.07, 6.45) is 1.59. The molecule has 6 nitrogen and oxygen atoms in total. The average Bonchev–Trinajstić information content (AvgIpc) is 3.38. The van der Waals surface area contributed by atoms with Crippen molar-refractivity contribution in [2.24, 2.45) is 0 Å². The van der Waals surface area contributed by atoms with E-state index in [1.54, 1.807) is 24.1 Å². The van der Waals surface area contributed by atoms with Gasteiger partial charge in [0.2, 0.25) is 5.82 Å². The van der Waals surface area contributed by atoms with Gasteiger partial charge < -0.3 is 9.32 Å². The van der Waals surface area contributed by atoms with Crippen molar-refractivity contribution in [1.82, 2.24) is 19.7 Å². The first-order valence-electron chi connectivity index (χ1n) is 8.58. The first kappa shape index (κ1) is 16.8. The molecule has 0 N–H and O–H groups in total. The van der Waals surface area contributed by atoms with E-state index in [0.717, 1.165) is 11.3 Å². The first-order chi connectivity index (χ1) is 13.2. The van der Waals surface area contributed by atoms with Crippen molar-refractivity contribution in [1.29, 1.82) is 0 Å². The van der Waals surface area contributed by atoms with E-state index in [1.165, 1.54) is 4.90 Å². The lowest BCUT2D eigenvalue weighted by Crippen LogP contribution is -2.27. The number of aromatic nitrogens is 3. The molecule has 0 spiro atoms. The van der Waals surface area contributed by atoms with Crippen molar-refractivity contribution >= 4 is 5.91 Å². The van der Waals surface area contributed by atoms with Crippen LogP contribution in [0.4, 0.5) is 0 Å². The minimum absolute atomic E-state index is 0.145. The van der Waals surface area contributed by atoms with Crippen LogP contribution in [0.15, 0.2) is 83.5 Å². The molecule has 2 aromatic heterocycles. The molecule has 0 unspecified atom stereocenters. The predicted molar refractivity (Wildman–Crippen MR) is 101 cm³/mol. The number of hydrogen-bond acceptors (Lipinski definition) is 4. The Balaban J connectivity index is 1.72. The lowest BCUT2D eigenvalue weighted by Gasteiger charge is -2.13. The van der Waals surface area contributed by atoms with Crippen LogP contribution in [0.5, 0.6) is 0 Å². The van der Waals surface area contributed by atoms with E-state index in [-0.39, 0.29) is 11.7 Å². The minimum Gasteiger partial charge on any atom is -0.467 e. The Bertz CT molecular complexity index is 968. The molecule has 4 aromatic rings. The van der Waals surface area contributed by atoms with Gasteiger partial charge in [-0.1, -0.05) is 48.5 Å². The summed E-state index contributed by atoms with van der Waals surface area (Å²) in [6, 6.07) is 23.0. The molecule has 0 saturated heterocycles. The van der Waals surface area contributed by atoms with Gasteiger partial charge in [-0.05, 0) is 24.3 Å². The normalized spacial score (nSPS) is 10.7. The highest BCUT2D eigenvalue weighted by atomic mass is 16.3. The maximum Gasteiger partial charge on any atom is 0.293 e. The Labute approximate surface area is 156 Å². The van der Waals surface area contributed by atoms with Crippen LogP contribution in [0, 0.1) is 0 Å². The summed E-state index contributed by atoms with van der Waals surface area (Å²) < 4.78 is 7.02. The molecule has 2 heterocycles. The summed E-state index contributed by atoms with van der Waals surface area (Å²) >= 11 is 0. The van der Waals surface area contributed by atoms with E-state index in [1.807, 2.05) is 66.7 Å². The molecule has 1 amide bonds. The fraction of sp³-hybridized carbons (Fsp3) is 0.0952. The summed E-state index contributed by atoms with van der Waals surface area (Å²) in [4.78, 5) is 18.9. The van der Waals surface area contributed by atoms with Crippen LogP contribution in [0.25, 0.3) is 17.1 Å². The second-order valence-corrected chi connectivity index (χ2v) is 6.11. The fourth-order valence-corrected chi connectivity index (χ4v) is 2.80. The van der Waals surface area contributed by atoms with Crippen LogP contribution in [0.3, 0.4) is 0 Å². The topological polar surface area (TPSA) is 64.2 Å². The van der Waals surface area contributed by atoms with Crippen molar-refractivity contribution in [3.8, 4) is 17.1 Å². The van der Waals surface area contributed by atoms with Crippen LogP contribution in [-0.2, 0) is 6.54 Å². The van der Waals surface area contributed by atoms with Gasteiger partial charge in [0.05, 0.1) is 18.5 Å². The van der Waals surface area contributed by atoms with E-state index in [2.05, 4.69) is 10.1 Å². The molecule has 0 aliphatic rings. The zero-order chi connectivity index (χ0) is 18.6. The number of carbonyl (C=O) groups excluding carboxylic acids is 1. The third kappa shape index (κ3) is 3.50. The highest BCUT2D eigenvalue weighted by Crippen LogP contribution is 2.21. The third-order valence-electron chi connectivity index (χ3n) is 4.15. The highest BCUT2D eigenvalue weighted by molar-refractivity contribution is 5.90. The van der Waals surface area contributed by atoms with Gasteiger partial charge in [-0.2, -0.15) is 0 Å². The van der Waals surface area contributed by atoms with Gasteiger partial charge in [0.15, 0.2) is 5.82 Å². The first-order valence-corrected chi connectivity index (χ1v) is 8.58. The molecule has 134 valence electrons. The highest BCUT2D eigenvalue weighted by Gasteiger charge is 2.22. The Kier molecular flexibility index (Phi) is 4.53. The largest absolute Gasteiger partial charge is 0.467 e. The molecule has 0 aliphatic heterocycles. The molecule has 27 heavy (non-hydrogen) atoms. The zero-order valence-electron chi connectivity index (χ0n) is 14.8. The SMILES string of the molecule is CN(Cc1ccco1)C(=O)c1nc(-c2ccccc2)n(-c2ccccc2)n1. The standard InChI is InChI=1S/C21H18N4O2/c1-24(15-18-13-8-14-27-18)21(26)19-22-20(16-9-4-2-5-10-16)25(23-19)17-11-6-3-7-12-17/h2-14H,15H2,1H3. The molecule has 0 fully saturated rings. The van der Waals surface area contributed by atoms with Gasteiger partial charge in [-0.3, -0.25) is 4.79 Å². The predicted octanol–water partition coefficient (Wildman–Crippen LogP) is 3.80. The molecule has 0 atom stereocenters. The van der Waals surface area contributed by atoms with E-state index in [0.29, 0.717) is 18.1 Å². The molecular weight excluding hydrogens is 340 g/mol. The number of hydrogen-bond donors (Lipinski definition) is 0. The Morgan fingerprint density at radius 2 is 1.70 bits per heavy atom. The summed E-state index contributed by atoms with van der Waals surface area (Å²) in [6.45, 7) is 0.354. The molecule has 0 aliphatic carbocycles. The van der Waals surface area contributed by atoms with Gasteiger partial charge in [0, 0.05) is 12.6 Å². The second kappa shape index (κ2) is 7.29. The number of furan rings is 1. The number of benzene rings is 2. The van der Waals surface area contributed by atoms with Crippen molar-refractivity contribution in [3.05, 3.63) is 90.6 Å². The summed E-state index contributed by atoms with van der Waals surface area (Å²) in [5.41, 5.74) is 1.73. The molecule has 2 aromatic carbocycles. The summed E-state index contributed by atoms with van der Waals surface area (Å²) in [5.74, 6) is 1.21. The van der Waals surface area contributed by atoms with Crippen molar-refractivity contribution in [3.63, 3.8) is 0 Å². The maximum atomic E-state index is 12.8. The molecule has 6 heteroatoms. The van der Waals surface area contributed by atoms with Crippen molar-refractivity contribution in [2.45, 2.75) is 6.54 Å². The lowest BCUT2D eigenvalue weighted by molar-refractivity contribution is 0.0763. The van der Waals surface area contributed by atoms with Gasteiger partial charge >= 0.3 is 0 Å². The molecule has 0 saturated carbocycles. The van der Waals surface area contributed by atoms with Crippen LogP contribution >= 0.6 is 0 Å². The van der Waals surface area contributed by atoms with Crippen LogP contribution in [0.1, 0.15) is 16.4 Å². The Morgan fingerprint density at radius 3 is 2.37 bits per heavy atom. The van der Waals surface area contributed by atoms with Crippen LogP contribution in [0.2, 0.25) is 0 Å². The minimum atomic E-state index is -0.265. The molecule has 4 rings (SSSR count). The van der Waals surface area contributed by atoms with E-state index in [4.69, 9.17) is 4.42 Å². The second-order valence-electron chi connectivity index (χ2n) is 6.11. The number of nitrogens with zero attached hydrogens (tertiary/aromatic N) is 4. The third-order valence-corrected chi connectivity index (χ3v) is 4.15. The average molecular weight is 358 g/mol. The lowest BCUT2D eigenvalue weighted by atomic mass is 10.2. The van der Waals surface area contributed by atoms with E-state index >= 15 is 0 Å². The molecular formula is C21H18N4O2. The van der Waals surface area contributed by atoms with Crippen molar-refractivity contribution in [2.75, 3.05) is 7.05 Å². The zero-order valence-corrected chi connectivity index (χ0v) is 14.8. The van der Waals surface area contributed by atoms with Gasteiger partial charge in [-0.25, -0.2) is 9.67 Å². The van der Waals surface area contributed by atoms with Crippen LogP contribution < -0.4 is 0 Å². The Hall–Kier alpha value is -3.67. The Morgan fingerprint density at radius 1 is 1.00 bits per heavy atom. The molecule has 0 radical (unpaired) electrons. The maximum absolute atomic E-state index is 12.8. The number of amides is 1. The van der Waals surface area contributed by atoms with Gasteiger partial charge in [-0.15, -0.1) is 5.10 Å². The van der Waals surface area contributed by atoms with E-state index in [9.17, 15) is 4.79 Å². The van der Waals surface area contributed by atoms with E-state index < -0.39 is 0 Å². The quantitative estimate of drug-likeness (QED) is 0.544. The summed E-state index contributed by atoms with van der Waals surface area (Å²) in [7, 11) is 1.70. The summed E-state index contributed by atoms with van der Waals surface area (Å²) in [5, 5.41) is 4.49. The number of rotatable bonds is 5. The fourth-order valence-electron chi connectivity index (χ4n) is 2.80. The number of carbonyl (C=O) groups is 1.